The average molecular weight is 199 g/mol. The van der Waals surface area contributed by atoms with Crippen molar-refractivity contribution in [3.05, 3.63) is 0 Å². The highest BCUT2D eigenvalue weighted by molar-refractivity contribution is 5.66. The monoisotopic (exact) mass is 199 g/mol. The van der Waals surface area contributed by atoms with Crippen molar-refractivity contribution in [3.63, 3.8) is 0 Å². The fourth-order valence-electron chi connectivity index (χ4n) is 2.33. The van der Waals surface area contributed by atoms with Gasteiger partial charge in [-0.2, -0.15) is 0 Å². The van der Waals surface area contributed by atoms with Crippen LogP contribution in [-0.2, 0) is 4.79 Å². The predicted octanol–water partition coefficient (Wildman–Crippen LogP) is 2.11. The zero-order valence-corrected chi connectivity index (χ0v) is 9.20. The van der Waals surface area contributed by atoms with Crippen LogP contribution >= 0.6 is 0 Å². The Morgan fingerprint density at radius 2 is 1.93 bits per heavy atom. The zero-order chi connectivity index (χ0) is 10.6. The van der Waals surface area contributed by atoms with Crippen LogP contribution in [0.25, 0.3) is 0 Å². The Morgan fingerprint density at radius 3 is 2.43 bits per heavy atom. The minimum atomic E-state index is -0.678. The minimum absolute atomic E-state index is 0.302. The molecule has 0 radical (unpaired) electrons. The van der Waals surface area contributed by atoms with Gasteiger partial charge in [0, 0.05) is 18.5 Å². The van der Waals surface area contributed by atoms with Crippen molar-refractivity contribution in [2.75, 3.05) is 6.54 Å². The highest BCUT2D eigenvalue weighted by atomic mass is 16.4. The quantitative estimate of drug-likeness (QED) is 0.754. The minimum Gasteiger partial charge on any atom is -0.481 e. The summed E-state index contributed by atoms with van der Waals surface area (Å²) in [5, 5.41) is 8.56. The number of likely N-dealkylation sites (tertiary alicyclic amines) is 1. The molecule has 82 valence electrons. The maximum absolute atomic E-state index is 10.4. The van der Waals surface area contributed by atoms with Crippen LogP contribution in [0.5, 0.6) is 0 Å². The lowest BCUT2D eigenvalue weighted by Gasteiger charge is -2.38. The fraction of sp³-hybridized carbons (Fsp3) is 0.909. The van der Waals surface area contributed by atoms with Gasteiger partial charge in [-0.25, -0.2) is 0 Å². The Morgan fingerprint density at radius 1 is 1.36 bits per heavy atom. The SMILES string of the molecule is CC1CCCC(C)N1CCCC(=O)O. The zero-order valence-electron chi connectivity index (χ0n) is 9.20. The molecule has 1 rings (SSSR count). The van der Waals surface area contributed by atoms with Crippen molar-refractivity contribution >= 4 is 5.97 Å². The van der Waals surface area contributed by atoms with Gasteiger partial charge in [-0.3, -0.25) is 9.69 Å². The first-order chi connectivity index (χ1) is 6.61. The van der Waals surface area contributed by atoms with Gasteiger partial charge >= 0.3 is 5.97 Å². The standard InChI is InChI=1S/C11H21NO2/c1-9-5-3-6-10(2)12(9)8-4-7-11(13)14/h9-10H,3-8H2,1-2H3,(H,13,14). The Bertz CT molecular complexity index is 184. The van der Waals surface area contributed by atoms with E-state index >= 15 is 0 Å². The summed E-state index contributed by atoms with van der Waals surface area (Å²) in [5.41, 5.74) is 0. The summed E-state index contributed by atoms with van der Waals surface area (Å²) in [7, 11) is 0. The number of rotatable bonds is 4. The number of aliphatic carboxylic acids is 1. The van der Waals surface area contributed by atoms with Crippen LogP contribution < -0.4 is 0 Å². The van der Waals surface area contributed by atoms with Crippen LogP contribution in [0.4, 0.5) is 0 Å². The van der Waals surface area contributed by atoms with Crippen LogP contribution in [0.1, 0.15) is 46.0 Å². The van der Waals surface area contributed by atoms with Crippen molar-refractivity contribution in [2.24, 2.45) is 0 Å². The molecule has 1 N–H and O–H groups in total. The highest BCUT2D eigenvalue weighted by Gasteiger charge is 2.23. The van der Waals surface area contributed by atoms with E-state index in [-0.39, 0.29) is 0 Å². The molecule has 3 nitrogen and oxygen atoms in total. The summed E-state index contributed by atoms with van der Waals surface area (Å²) >= 11 is 0. The van der Waals surface area contributed by atoms with E-state index in [1.807, 2.05) is 0 Å². The second-order valence-electron chi connectivity index (χ2n) is 4.36. The van der Waals surface area contributed by atoms with Gasteiger partial charge < -0.3 is 5.11 Å². The van der Waals surface area contributed by atoms with Crippen LogP contribution in [0.3, 0.4) is 0 Å². The summed E-state index contributed by atoms with van der Waals surface area (Å²) in [6.07, 6.45) is 4.92. The molecule has 0 saturated carbocycles. The van der Waals surface area contributed by atoms with Crippen molar-refractivity contribution in [3.8, 4) is 0 Å². The maximum atomic E-state index is 10.4. The molecule has 0 aromatic rings. The van der Waals surface area contributed by atoms with E-state index in [9.17, 15) is 4.79 Å². The molecular weight excluding hydrogens is 178 g/mol. The molecule has 0 aromatic carbocycles. The van der Waals surface area contributed by atoms with Crippen molar-refractivity contribution < 1.29 is 9.90 Å². The molecule has 2 unspecified atom stereocenters. The third-order valence-electron chi connectivity index (χ3n) is 3.18. The first-order valence-electron chi connectivity index (χ1n) is 5.59. The molecule has 1 heterocycles. The van der Waals surface area contributed by atoms with Crippen LogP contribution in [-0.4, -0.2) is 34.6 Å². The number of nitrogens with zero attached hydrogens (tertiary/aromatic N) is 1. The third kappa shape index (κ3) is 3.29. The summed E-state index contributed by atoms with van der Waals surface area (Å²) in [5.74, 6) is -0.678. The lowest BCUT2D eigenvalue weighted by atomic mass is 9.97. The van der Waals surface area contributed by atoms with E-state index in [0.29, 0.717) is 18.5 Å². The topological polar surface area (TPSA) is 40.5 Å². The molecule has 0 amide bonds. The fourth-order valence-corrected chi connectivity index (χ4v) is 2.33. The molecule has 1 saturated heterocycles. The smallest absolute Gasteiger partial charge is 0.303 e. The van der Waals surface area contributed by atoms with Gasteiger partial charge in [0.1, 0.15) is 0 Å². The largest absolute Gasteiger partial charge is 0.481 e. The molecule has 1 fully saturated rings. The molecule has 0 aromatic heterocycles. The van der Waals surface area contributed by atoms with Gasteiger partial charge in [-0.15, -0.1) is 0 Å². The lowest BCUT2D eigenvalue weighted by Crippen LogP contribution is -2.44. The molecule has 2 atom stereocenters. The molecular formula is C11H21NO2. The van der Waals surface area contributed by atoms with E-state index in [0.717, 1.165) is 13.0 Å². The number of carboxylic acids is 1. The number of carboxylic acid groups (broad SMARTS) is 1. The predicted molar refractivity (Wildman–Crippen MR) is 56.4 cm³/mol. The van der Waals surface area contributed by atoms with E-state index in [4.69, 9.17) is 5.11 Å². The third-order valence-corrected chi connectivity index (χ3v) is 3.18. The van der Waals surface area contributed by atoms with E-state index < -0.39 is 5.97 Å². The van der Waals surface area contributed by atoms with Gasteiger partial charge in [0.05, 0.1) is 0 Å². The first kappa shape index (κ1) is 11.5. The number of carbonyl (C=O) groups is 1. The van der Waals surface area contributed by atoms with Crippen molar-refractivity contribution in [1.29, 1.82) is 0 Å². The van der Waals surface area contributed by atoms with E-state index in [1.165, 1.54) is 19.3 Å². The Balaban J connectivity index is 2.29. The van der Waals surface area contributed by atoms with Crippen molar-refractivity contribution in [1.82, 2.24) is 4.90 Å². The summed E-state index contributed by atoms with van der Waals surface area (Å²) in [6, 6.07) is 1.26. The van der Waals surface area contributed by atoms with Crippen molar-refractivity contribution in [2.45, 2.75) is 58.0 Å². The van der Waals surface area contributed by atoms with Gasteiger partial charge in [0.15, 0.2) is 0 Å². The van der Waals surface area contributed by atoms with Gasteiger partial charge in [0.25, 0.3) is 0 Å². The average Bonchev–Trinajstić information content (AvgIpc) is 2.09. The van der Waals surface area contributed by atoms with E-state index in [2.05, 4.69) is 18.7 Å². The maximum Gasteiger partial charge on any atom is 0.303 e. The normalized spacial score (nSPS) is 29.0. The molecule has 0 spiro atoms. The Kier molecular flexibility index (Phi) is 4.39. The summed E-state index contributed by atoms with van der Waals surface area (Å²) in [6.45, 7) is 5.43. The Labute approximate surface area is 86.1 Å². The summed E-state index contributed by atoms with van der Waals surface area (Å²) in [4.78, 5) is 12.8. The van der Waals surface area contributed by atoms with Crippen LogP contribution in [0.15, 0.2) is 0 Å². The van der Waals surface area contributed by atoms with Gasteiger partial charge in [-0.1, -0.05) is 6.42 Å². The molecule has 0 aliphatic carbocycles. The van der Waals surface area contributed by atoms with Gasteiger partial charge in [0.2, 0.25) is 0 Å². The number of hydrogen-bond acceptors (Lipinski definition) is 2. The second kappa shape index (κ2) is 5.35. The Hall–Kier alpha value is -0.570. The molecule has 14 heavy (non-hydrogen) atoms. The molecule has 0 bridgehead atoms. The first-order valence-corrected chi connectivity index (χ1v) is 5.59. The summed E-state index contributed by atoms with van der Waals surface area (Å²) < 4.78 is 0. The molecule has 1 aliphatic heterocycles. The number of hydrogen-bond donors (Lipinski definition) is 1. The van der Waals surface area contributed by atoms with E-state index in [1.54, 1.807) is 0 Å². The number of piperidine rings is 1. The second-order valence-corrected chi connectivity index (χ2v) is 4.36. The highest BCUT2D eigenvalue weighted by Crippen LogP contribution is 2.22. The molecule has 1 aliphatic rings. The lowest BCUT2D eigenvalue weighted by molar-refractivity contribution is -0.137. The van der Waals surface area contributed by atoms with Gasteiger partial charge in [-0.05, 0) is 39.7 Å². The molecule has 3 heteroatoms. The van der Waals surface area contributed by atoms with Crippen LogP contribution in [0, 0.1) is 0 Å². The van der Waals surface area contributed by atoms with Crippen LogP contribution in [0.2, 0.25) is 0 Å².